The summed E-state index contributed by atoms with van der Waals surface area (Å²) in [6.07, 6.45) is 7.16. The monoisotopic (exact) mass is 318 g/mol. The molecular weight excluding hydrogens is 292 g/mol. The van der Waals surface area contributed by atoms with Crippen molar-refractivity contribution in [3.63, 3.8) is 0 Å². The number of amides is 2. The van der Waals surface area contributed by atoms with Crippen molar-refractivity contribution >= 4 is 11.7 Å². The van der Waals surface area contributed by atoms with Crippen molar-refractivity contribution < 1.29 is 14.6 Å². The second kappa shape index (κ2) is 7.79. The summed E-state index contributed by atoms with van der Waals surface area (Å²) in [6.45, 7) is 1.38. The minimum atomic E-state index is -0.128. The van der Waals surface area contributed by atoms with Crippen molar-refractivity contribution in [3.05, 3.63) is 29.8 Å². The summed E-state index contributed by atoms with van der Waals surface area (Å²) in [5.74, 6) is 0. The molecule has 126 valence electrons. The molecule has 0 spiro atoms. The van der Waals surface area contributed by atoms with E-state index in [1.54, 1.807) is 4.90 Å². The first-order valence-corrected chi connectivity index (χ1v) is 8.65. The van der Waals surface area contributed by atoms with Crippen LogP contribution in [0.1, 0.15) is 44.1 Å². The number of ether oxygens (including phenoxy) is 1. The van der Waals surface area contributed by atoms with Gasteiger partial charge in [0.2, 0.25) is 0 Å². The van der Waals surface area contributed by atoms with Gasteiger partial charge in [0, 0.05) is 12.2 Å². The fourth-order valence-corrected chi connectivity index (χ4v) is 3.44. The Kier molecular flexibility index (Phi) is 5.51. The first-order chi connectivity index (χ1) is 11.3. The van der Waals surface area contributed by atoms with Crippen LogP contribution in [0.5, 0.6) is 0 Å². The van der Waals surface area contributed by atoms with Gasteiger partial charge in [0.15, 0.2) is 0 Å². The van der Waals surface area contributed by atoms with Crippen molar-refractivity contribution in [2.75, 3.05) is 18.5 Å². The van der Waals surface area contributed by atoms with Crippen LogP contribution in [0.25, 0.3) is 0 Å². The summed E-state index contributed by atoms with van der Waals surface area (Å²) < 4.78 is 5.90. The van der Waals surface area contributed by atoms with Crippen LogP contribution in [0, 0.1) is 0 Å². The van der Waals surface area contributed by atoms with Gasteiger partial charge in [-0.2, -0.15) is 0 Å². The average molecular weight is 318 g/mol. The van der Waals surface area contributed by atoms with Crippen molar-refractivity contribution in [3.8, 4) is 0 Å². The number of carbonyl (C=O) groups is 1. The van der Waals surface area contributed by atoms with E-state index in [1.165, 1.54) is 25.7 Å². The molecule has 1 aromatic carbocycles. The highest BCUT2D eigenvalue weighted by Crippen LogP contribution is 2.23. The van der Waals surface area contributed by atoms with E-state index in [0.29, 0.717) is 19.3 Å². The van der Waals surface area contributed by atoms with Crippen LogP contribution in [0.15, 0.2) is 24.3 Å². The van der Waals surface area contributed by atoms with Crippen LogP contribution in [0.2, 0.25) is 0 Å². The highest BCUT2D eigenvalue weighted by molar-refractivity contribution is 5.89. The predicted molar refractivity (Wildman–Crippen MR) is 89.3 cm³/mol. The van der Waals surface area contributed by atoms with Gasteiger partial charge in [-0.25, -0.2) is 4.79 Å². The maximum Gasteiger partial charge on any atom is 0.322 e. The van der Waals surface area contributed by atoms with Crippen LogP contribution in [-0.2, 0) is 11.3 Å². The van der Waals surface area contributed by atoms with Crippen LogP contribution in [0.4, 0.5) is 10.5 Å². The fraction of sp³-hybridized carbons (Fsp3) is 0.611. The van der Waals surface area contributed by atoms with Crippen LogP contribution < -0.4 is 5.32 Å². The molecule has 0 aromatic heterocycles. The molecule has 1 atom stereocenters. The minimum Gasteiger partial charge on any atom is -0.394 e. The first-order valence-electron chi connectivity index (χ1n) is 8.65. The number of hydrogen-bond acceptors (Lipinski definition) is 3. The number of rotatable bonds is 5. The Hall–Kier alpha value is -1.59. The molecule has 23 heavy (non-hydrogen) atoms. The highest BCUT2D eigenvalue weighted by atomic mass is 16.5. The molecule has 0 unspecified atom stereocenters. The van der Waals surface area contributed by atoms with Crippen molar-refractivity contribution in [2.45, 2.75) is 57.3 Å². The van der Waals surface area contributed by atoms with Crippen LogP contribution in [-0.4, -0.2) is 41.3 Å². The standard InChI is InChI=1S/C18H26N2O3/c21-12-16-4-3-11-20(16)18(22)19-15-9-7-14(8-10-15)13-23-17-5-1-2-6-17/h7-10,16-17,21H,1-6,11-13H2,(H,19,22)/t16-/m1/s1. The quantitative estimate of drug-likeness (QED) is 0.877. The second-order valence-corrected chi connectivity index (χ2v) is 6.52. The summed E-state index contributed by atoms with van der Waals surface area (Å²) in [5, 5.41) is 12.2. The molecule has 2 fully saturated rings. The third-order valence-corrected chi connectivity index (χ3v) is 4.84. The lowest BCUT2D eigenvalue weighted by atomic mass is 10.2. The zero-order valence-electron chi connectivity index (χ0n) is 13.5. The second-order valence-electron chi connectivity index (χ2n) is 6.52. The Morgan fingerprint density at radius 1 is 1.17 bits per heavy atom. The number of aliphatic hydroxyl groups excluding tert-OH is 1. The highest BCUT2D eigenvalue weighted by Gasteiger charge is 2.27. The van der Waals surface area contributed by atoms with Crippen molar-refractivity contribution in [1.82, 2.24) is 4.90 Å². The van der Waals surface area contributed by atoms with Gasteiger partial charge in [0.1, 0.15) is 0 Å². The van der Waals surface area contributed by atoms with Crippen LogP contribution in [0.3, 0.4) is 0 Å². The Morgan fingerprint density at radius 2 is 1.91 bits per heavy atom. The molecule has 5 heteroatoms. The van der Waals surface area contributed by atoms with E-state index in [0.717, 1.165) is 24.1 Å². The molecule has 1 aromatic rings. The SMILES string of the molecule is O=C(Nc1ccc(COC2CCCC2)cc1)N1CCC[C@@H]1CO. The normalized spacial score (nSPS) is 21.8. The lowest BCUT2D eigenvalue weighted by molar-refractivity contribution is 0.0457. The number of nitrogens with one attached hydrogen (secondary N) is 1. The molecule has 0 bridgehead atoms. The molecule has 0 radical (unpaired) electrons. The summed E-state index contributed by atoms with van der Waals surface area (Å²) in [7, 11) is 0. The summed E-state index contributed by atoms with van der Waals surface area (Å²) >= 11 is 0. The molecular formula is C18H26N2O3. The summed E-state index contributed by atoms with van der Waals surface area (Å²) in [4.78, 5) is 14.0. The maximum atomic E-state index is 12.2. The molecule has 1 saturated heterocycles. The number of likely N-dealkylation sites (tertiary alicyclic amines) is 1. The predicted octanol–water partition coefficient (Wildman–Crippen LogP) is 3.13. The number of benzene rings is 1. The Labute approximate surface area is 137 Å². The molecule has 1 saturated carbocycles. The Morgan fingerprint density at radius 3 is 2.61 bits per heavy atom. The van der Waals surface area contributed by atoms with E-state index in [1.807, 2.05) is 24.3 Å². The van der Waals surface area contributed by atoms with Gasteiger partial charge in [-0.15, -0.1) is 0 Å². The molecule has 2 amide bonds. The van der Waals surface area contributed by atoms with Gasteiger partial charge < -0.3 is 20.1 Å². The smallest absolute Gasteiger partial charge is 0.322 e. The average Bonchev–Trinajstić information content (AvgIpc) is 3.25. The number of aliphatic hydroxyl groups is 1. The fourth-order valence-electron chi connectivity index (χ4n) is 3.44. The number of anilines is 1. The summed E-state index contributed by atoms with van der Waals surface area (Å²) in [6, 6.07) is 7.64. The third kappa shape index (κ3) is 4.24. The number of nitrogens with zero attached hydrogens (tertiary/aromatic N) is 1. The third-order valence-electron chi connectivity index (χ3n) is 4.84. The maximum absolute atomic E-state index is 12.2. The van der Waals surface area contributed by atoms with E-state index in [2.05, 4.69) is 5.32 Å². The van der Waals surface area contributed by atoms with Gasteiger partial charge in [0.25, 0.3) is 0 Å². The lowest BCUT2D eigenvalue weighted by Crippen LogP contribution is -2.40. The molecule has 5 nitrogen and oxygen atoms in total. The number of hydrogen-bond donors (Lipinski definition) is 2. The molecule has 2 N–H and O–H groups in total. The molecule has 1 aliphatic heterocycles. The number of urea groups is 1. The van der Waals surface area contributed by atoms with E-state index < -0.39 is 0 Å². The topological polar surface area (TPSA) is 61.8 Å². The Balaban J connectivity index is 1.49. The van der Waals surface area contributed by atoms with Crippen LogP contribution >= 0.6 is 0 Å². The van der Waals surface area contributed by atoms with Gasteiger partial charge in [0.05, 0.1) is 25.4 Å². The molecule has 3 rings (SSSR count). The molecule has 2 aliphatic rings. The summed E-state index contributed by atoms with van der Waals surface area (Å²) in [5.41, 5.74) is 1.91. The van der Waals surface area contributed by atoms with Gasteiger partial charge in [-0.05, 0) is 43.4 Å². The van der Waals surface area contributed by atoms with Gasteiger partial charge >= 0.3 is 6.03 Å². The number of carbonyl (C=O) groups excluding carboxylic acids is 1. The largest absolute Gasteiger partial charge is 0.394 e. The Bertz CT molecular complexity index is 512. The van der Waals surface area contributed by atoms with Crippen molar-refractivity contribution in [1.29, 1.82) is 0 Å². The molecule has 1 aliphatic carbocycles. The van der Waals surface area contributed by atoms with Crippen molar-refractivity contribution in [2.24, 2.45) is 0 Å². The molecule has 1 heterocycles. The zero-order valence-corrected chi connectivity index (χ0v) is 13.5. The van der Waals surface area contributed by atoms with E-state index in [-0.39, 0.29) is 18.7 Å². The van der Waals surface area contributed by atoms with E-state index >= 15 is 0 Å². The van der Waals surface area contributed by atoms with E-state index in [9.17, 15) is 9.90 Å². The zero-order chi connectivity index (χ0) is 16.1. The minimum absolute atomic E-state index is 0.0326. The first kappa shape index (κ1) is 16.3. The lowest BCUT2D eigenvalue weighted by Gasteiger charge is -2.23. The van der Waals surface area contributed by atoms with E-state index in [4.69, 9.17) is 4.74 Å². The van der Waals surface area contributed by atoms with Gasteiger partial charge in [-0.1, -0.05) is 25.0 Å². The van der Waals surface area contributed by atoms with Gasteiger partial charge in [-0.3, -0.25) is 0 Å².